The molecule has 0 bridgehead atoms. The number of nitrogens with one attached hydrogen (secondary N) is 1. The minimum absolute atomic E-state index is 0.0472. The lowest BCUT2D eigenvalue weighted by Gasteiger charge is -2.50. The van der Waals surface area contributed by atoms with E-state index in [4.69, 9.17) is 16.3 Å². The van der Waals surface area contributed by atoms with E-state index in [-0.39, 0.29) is 29.1 Å². The van der Waals surface area contributed by atoms with Gasteiger partial charge in [0.1, 0.15) is 0 Å². The summed E-state index contributed by atoms with van der Waals surface area (Å²) >= 11 is 6.60. The number of halogens is 1. The SMILES string of the molecule is COC(=O)[C@]1(C)CCC[C@]2(C)c3cc(Cl)c(C(C)C)cc3NC(=O)C[C@@H]12. The van der Waals surface area contributed by atoms with Crippen molar-refractivity contribution in [2.75, 3.05) is 12.4 Å². The number of anilines is 1. The Hall–Kier alpha value is -1.55. The second-order valence-electron chi connectivity index (χ2n) is 8.56. The molecule has 4 nitrogen and oxygen atoms in total. The number of amides is 1. The molecule has 1 aromatic rings. The molecule has 5 heteroatoms. The molecule has 0 radical (unpaired) electrons. The fourth-order valence-corrected chi connectivity index (χ4v) is 5.50. The molecular weight excluding hydrogens is 350 g/mol. The first-order valence-corrected chi connectivity index (χ1v) is 9.73. The Morgan fingerprint density at radius 1 is 1.31 bits per heavy atom. The van der Waals surface area contributed by atoms with E-state index in [2.05, 4.69) is 26.1 Å². The van der Waals surface area contributed by atoms with Crippen molar-refractivity contribution in [3.63, 3.8) is 0 Å². The first-order valence-electron chi connectivity index (χ1n) is 9.35. The molecule has 3 atom stereocenters. The molecule has 1 amide bonds. The third-order valence-electron chi connectivity index (χ3n) is 6.62. The van der Waals surface area contributed by atoms with Gasteiger partial charge in [0, 0.05) is 17.1 Å². The third kappa shape index (κ3) is 2.83. The van der Waals surface area contributed by atoms with Gasteiger partial charge in [-0.05, 0) is 60.3 Å². The molecule has 0 unspecified atom stereocenters. The third-order valence-corrected chi connectivity index (χ3v) is 6.95. The average molecular weight is 378 g/mol. The molecule has 1 aliphatic carbocycles. The van der Waals surface area contributed by atoms with Gasteiger partial charge in [0.2, 0.25) is 5.91 Å². The Bertz CT molecular complexity index is 760. The topological polar surface area (TPSA) is 55.4 Å². The molecule has 142 valence electrons. The van der Waals surface area contributed by atoms with Gasteiger partial charge in [0.15, 0.2) is 0 Å². The highest BCUT2D eigenvalue weighted by molar-refractivity contribution is 6.31. The number of ether oxygens (including phenoxy) is 1. The molecule has 1 fully saturated rings. The number of benzene rings is 1. The maximum Gasteiger partial charge on any atom is 0.311 e. The molecular formula is C21H28ClNO3. The number of fused-ring (bicyclic) bond motifs is 3. The van der Waals surface area contributed by atoms with E-state index < -0.39 is 5.41 Å². The highest BCUT2D eigenvalue weighted by Crippen LogP contribution is 2.57. The van der Waals surface area contributed by atoms with Gasteiger partial charge in [-0.15, -0.1) is 0 Å². The molecule has 1 N–H and O–H groups in total. The molecule has 0 aromatic heterocycles. The van der Waals surface area contributed by atoms with Gasteiger partial charge in [0.25, 0.3) is 0 Å². The normalized spacial score (nSPS) is 30.9. The monoisotopic (exact) mass is 377 g/mol. The van der Waals surface area contributed by atoms with E-state index in [0.717, 1.165) is 41.1 Å². The van der Waals surface area contributed by atoms with E-state index in [1.54, 1.807) is 0 Å². The molecule has 0 spiro atoms. The maximum absolute atomic E-state index is 12.7. The number of rotatable bonds is 2. The van der Waals surface area contributed by atoms with Crippen molar-refractivity contribution in [1.29, 1.82) is 0 Å². The standard InChI is InChI=1S/C21H28ClNO3/c1-12(2)13-9-16-14(10-15(13)22)20(3)7-6-8-21(4,19(25)26-5)17(20)11-18(24)23-16/h9-10,12,17H,6-8,11H2,1-5H3,(H,23,24)/t17-,20-,21-/m1/s1. The number of carbonyl (C=O) groups is 2. The van der Waals surface area contributed by atoms with Crippen LogP contribution in [0.25, 0.3) is 0 Å². The Morgan fingerprint density at radius 2 is 2.00 bits per heavy atom. The number of methoxy groups -OCH3 is 1. The van der Waals surface area contributed by atoms with Crippen LogP contribution in [0.1, 0.15) is 70.4 Å². The van der Waals surface area contributed by atoms with Crippen LogP contribution in [0.4, 0.5) is 5.69 Å². The van der Waals surface area contributed by atoms with Gasteiger partial charge >= 0.3 is 5.97 Å². The summed E-state index contributed by atoms with van der Waals surface area (Å²) in [6.07, 6.45) is 2.88. The maximum atomic E-state index is 12.7. The zero-order valence-corrected chi connectivity index (χ0v) is 17.0. The van der Waals surface area contributed by atoms with Gasteiger partial charge in [-0.3, -0.25) is 9.59 Å². The van der Waals surface area contributed by atoms with Crippen LogP contribution in [0.15, 0.2) is 12.1 Å². The minimum Gasteiger partial charge on any atom is -0.469 e. The lowest BCUT2D eigenvalue weighted by molar-refractivity contribution is -0.161. The van der Waals surface area contributed by atoms with Gasteiger partial charge in [-0.25, -0.2) is 0 Å². The van der Waals surface area contributed by atoms with Crippen molar-refractivity contribution < 1.29 is 14.3 Å². The molecule has 1 heterocycles. The fourth-order valence-electron chi connectivity index (χ4n) is 5.12. The van der Waals surface area contributed by atoms with Gasteiger partial charge in [-0.1, -0.05) is 38.8 Å². The summed E-state index contributed by atoms with van der Waals surface area (Å²) in [6.45, 7) is 8.29. The summed E-state index contributed by atoms with van der Waals surface area (Å²) in [7, 11) is 1.43. The van der Waals surface area contributed by atoms with Crippen molar-refractivity contribution >= 4 is 29.2 Å². The molecule has 26 heavy (non-hydrogen) atoms. The van der Waals surface area contributed by atoms with Crippen molar-refractivity contribution in [1.82, 2.24) is 0 Å². The van der Waals surface area contributed by atoms with Crippen LogP contribution < -0.4 is 5.32 Å². The Kier molecular flexibility index (Phi) is 4.85. The Labute approximate surface area is 160 Å². The van der Waals surface area contributed by atoms with E-state index in [1.165, 1.54) is 7.11 Å². The van der Waals surface area contributed by atoms with Gasteiger partial charge in [0.05, 0.1) is 12.5 Å². The van der Waals surface area contributed by atoms with E-state index in [1.807, 2.05) is 19.1 Å². The summed E-state index contributed by atoms with van der Waals surface area (Å²) in [4.78, 5) is 25.4. The smallest absolute Gasteiger partial charge is 0.311 e. The first-order chi connectivity index (χ1) is 12.1. The summed E-state index contributed by atoms with van der Waals surface area (Å²) in [5, 5.41) is 3.79. The molecule has 0 saturated heterocycles. The number of carbonyl (C=O) groups excluding carboxylic acids is 2. The van der Waals surface area contributed by atoms with Crippen molar-refractivity contribution in [2.45, 2.75) is 64.7 Å². The summed E-state index contributed by atoms with van der Waals surface area (Å²) in [5.74, 6) is -0.134. The van der Waals surface area contributed by atoms with Crippen LogP contribution in [0.3, 0.4) is 0 Å². The number of hydrogen-bond acceptors (Lipinski definition) is 3. The molecule has 1 aliphatic heterocycles. The van der Waals surface area contributed by atoms with Crippen molar-refractivity contribution in [2.24, 2.45) is 11.3 Å². The highest BCUT2D eigenvalue weighted by Gasteiger charge is 2.56. The first kappa shape index (κ1) is 19.2. The van der Waals surface area contributed by atoms with E-state index in [9.17, 15) is 9.59 Å². The van der Waals surface area contributed by atoms with Crippen molar-refractivity contribution in [3.8, 4) is 0 Å². The van der Waals surface area contributed by atoms with Crippen molar-refractivity contribution in [3.05, 3.63) is 28.3 Å². The van der Waals surface area contributed by atoms with Crippen LogP contribution in [0, 0.1) is 11.3 Å². The highest BCUT2D eigenvalue weighted by atomic mass is 35.5. The summed E-state index contributed by atoms with van der Waals surface area (Å²) in [5.41, 5.74) is 1.91. The molecule has 1 saturated carbocycles. The number of hydrogen-bond donors (Lipinski definition) is 1. The van der Waals surface area contributed by atoms with Crippen LogP contribution >= 0.6 is 11.6 Å². The molecule has 3 rings (SSSR count). The summed E-state index contributed by atoms with van der Waals surface area (Å²) < 4.78 is 5.13. The second-order valence-corrected chi connectivity index (χ2v) is 8.97. The lowest BCUT2D eigenvalue weighted by atomic mass is 9.53. The van der Waals surface area contributed by atoms with E-state index in [0.29, 0.717) is 6.42 Å². The molecule has 2 aliphatic rings. The number of esters is 1. The van der Waals surface area contributed by atoms with E-state index >= 15 is 0 Å². The zero-order valence-electron chi connectivity index (χ0n) is 16.2. The van der Waals surface area contributed by atoms with Crippen LogP contribution in [-0.2, 0) is 19.7 Å². The van der Waals surface area contributed by atoms with Crippen LogP contribution in [-0.4, -0.2) is 19.0 Å². The predicted molar refractivity (Wildman–Crippen MR) is 104 cm³/mol. The van der Waals surface area contributed by atoms with Crippen LogP contribution in [0.5, 0.6) is 0 Å². The van der Waals surface area contributed by atoms with Crippen LogP contribution in [0.2, 0.25) is 5.02 Å². The fraction of sp³-hybridized carbons (Fsp3) is 0.619. The van der Waals surface area contributed by atoms with Gasteiger partial charge in [-0.2, -0.15) is 0 Å². The van der Waals surface area contributed by atoms with Gasteiger partial charge < -0.3 is 10.1 Å². The molecule has 1 aromatic carbocycles. The summed E-state index contributed by atoms with van der Waals surface area (Å²) in [6, 6.07) is 4.02. The predicted octanol–water partition coefficient (Wildman–Crippen LogP) is 5.04. The Morgan fingerprint density at radius 3 is 2.62 bits per heavy atom. The average Bonchev–Trinajstić information content (AvgIpc) is 2.68. The largest absolute Gasteiger partial charge is 0.469 e. The lowest BCUT2D eigenvalue weighted by Crippen LogP contribution is -2.50. The quantitative estimate of drug-likeness (QED) is 0.734. The second kappa shape index (κ2) is 6.56. The minimum atomic E-state index is -0.677. The Balaban J connectivity index is 2.21. The zero-order chi connectivity index (χ0) is 19.3.